The molecule has 3 aromatic carbocycles. The molecule has 4 rings (SSSR count). The van der Waals surface area contributed by atoms with Crippen molar-refractivity contribution in [1.29, 1.82) is 0 Å². The standard InChI is InChI=1S/C19H16ClNO/c20-17-9-5-14(6-10-17)11-21-12-16-8-7-15-3-1-2-4-18(15)19(16)22-13-21/h1-10H,11-13H2. The van der Waals surface area contributed by atoms with Gasteiger partial charge in [-0.3, -0.25) is 4.90 Å². The number of ether oxygens (including phenoxy) is 1. The second-order valence-corrected chi connectivity index (χ2v) is 6.10. The summed E-state index contributed by atoms with van der Waals surface area (Å²) in [5.41, 5.74) is 2.50. The molecule has 3 aromatic rings. The highest BCUT2D eigenvalue weighted by Crippen LogP contribution is 2.33. The lowest BCUT2D eigenvalue weighted by molar-refractivity contribution is 0.0904. The summed E-state index contributed by atoms with van der Waals surface area (Å²) in [6.07, 6.45) is 0. The highest BCUT2D eigenvalue weighted by molar-refractivity contribution is 6.30. The summed E-state index contributed by atoms with van der Waals surface area (Å²) in [6, 6.07) is 20.7. The van der Waals surface area contributed by atoms with E-state index in [0.717, 1.165) is 23.9 Å². The molecule has 0 saturated carbocycles. The maximum atomic E-state index is 6.05. The summed E-state index contributed by atoms with van der Waals surface area (Å²) in [5.74, 6) is 1.03. The average Bonchev–Trinajstić information content (AvgIpc) is 2.57. The Labute approximate surface area is 134 Å². The first kappa shape index (κ1) is 13.6. The van der Waals surface area contributed by atoms with Crippen LogP contribution in [0, 0.1) is 0 Å². The first-order valence-corrected chi connectivity index (χ1v) is 7.77. The molecule has 110 valence electrons. The summed E-state index contributed by atoms with van der Waals surface area (Å²) in [4.78, 5) is 2.29. The second kappa shape index (κ2) is 5.64. The van der Waals surface area contributed by atoms with Gasteiger partial charge in [-0.05, 0) is 23.1 Å². The van der Waals surface area contributed by atoms with Crippen LogP contribution in [-0.4, -0.2) is 11.6 Å². The fraction of sp³-hybridized carbons (Fsp3) is 0.158. The van der Waals surface area contributed by atoms with Gasteiger partial charge in [-0.15, -0.1) is 0 Å². The molecule has 2 nitrogen and oxygen atoms in total. The molecular formula is C19H16ClNO. The predicted octanol–water partition coefficient (Wildman–Crippen LogP) is 4.85. The van der Waals surface area contributed by atoms with Crippen molar-refractivity contribution in [2.24, 2.45) is 0 Å². The summed E-state index contributed by atoms with van der Waals surface area (Å²) in [6.45, 7) is 2.38. The fourth-order valence-electron chi connectivity index (χ4n) is 2.98. The smallest absolute Gasteiger partial charge is 0.142 e. The van der Waals surface area contributed by atoms with Gasteiger partial charge in [0.2, 0.25) is 0 Å². The molecule has 0 aliphatic carbocycles. The van der Waals surface area contributed by atoms with Gasteiger partial charge in [-0.1, -0.05) is 60.1 Å². The van der Waals surface area contributed by atoms with Crippen LogP contribution in [0.25, 0.3) is 10.8 Å². The van der Waals surface area contributed by atoms with E-state index in [1.807, 2.05) is 12.1 Å². The molecule has 0 aromatic heterocycles. The zero-order valence-electron chi connectivity index (χ0n) is 12.1. The minimum absolute atomic E-state index is 0.615. The van der Waals surface area contributed by atoms with Gasteiger partial charge in [0, 0.05) is 29.1 Å². The van der Waals surface area contributed by atoms with E-state index in [1.54, 1.807) is 0 Å². The van der Waals surface area contributed by atoms with Crippen molar-refractivity contribution in [1.82, 2.24) is 4.90 Å². The van der Waals surface area contributed by atoms with E-state index in [4.69, 9.17) is 16.3 Å². The van der Waals surface area contributed by atoms with Gasteiger partial charge >= 0.3 is 0 Å². The van der Waals surface area contributed by atoms with Gasteiger partial charge in [-0.2, -0.15) is 0 Å². The molecule has 0 bridgehead atoms. The van der Waals surface area contributed by atoms with Crippen LogP contribution >= 0.6 is 11.6 Å². The predicted molar refractivity (Wildman–Crippen MR) is 90.1 cm³/mol. The Morgan fingerprint density at radius 2 is 1.77 bits per heavy atom. The van der Waals surface area contributed by atoms with Crippen molar-refractivity contribution in [2.75, 3.05) is 6.73 Å². The molecule has 0 atom stereocenters. The molecule has 0 spiro atoms. The Balaban J connectivity index is 1.59. The molecule has 1 aliphatic rings. The topological polar surface area (TPSA) is 12.5 Å². The van der Waals surface area contributed by atoms with E-state index in [9.17, 15) is 0 Å². The Kier molecular flexibility index (Phi) is 3.49. The lowest BCUT2D eigenvalue weighted by Gasteiger charge is -2.29. The van der Waals surface area contributed by atoms with Crippen molar-refractivity contribution in [3.05, 3.63) is 76.8 Å². The zero-order chi connectivity index (χ0) is 14.9. The summed E-state index contributed by atoms with van der Waals surface area (Å²) >= 11 is 5.94. The molecule has 0 amide bonds. The number of benzene rings is 3. The minimum Gasteiger partial charge on any atom is -0.477 e. The third-order valence-electron chi connectivity index (χ3n) is 4.07. The quantitative estimate of drug-likeness (QED) is 0.671. The molecule has 1 aliphatic heterocycles. The van der Waals surface area contributed by atoms with Crippen molar-refractivity contribution in [2.45, 2.75) is 13.1 Å². The lowest BCUT2D eigenvalue weighted by atomic mass is 10.0. The normalized spacial score (nSPS) is 14.6. The molecule has 0 unspecified atom stereocenters. The highest BCUT2D eigenvalue weighted by Gasteiger charge is 2.19. The first-order chi connectivity index (χ1) is 10.8. The average molecular weight is 310 g/mol. The summed E-state index contributed by atoms with van der Waals surface area (Å²) in [5, 5.41) is 3.20. The lowest BCUT2D eigenvalue weighted by Crippen LogP contribution is -2.31. The maximum absolute atomic E-state index is 6.05. The Bertz CT molecular complexity index is 813. The zero-order valence-corrected chi connectivity index (χ0v) is 12.9. The molecule has 22 heavy (non-hydrogen) atoms. The third-order valence-corrected chi connectivity index (χ3v) is 4.32. The van der Waals surface area contributed by atoms with Crippen LogP contribution in [0.1, 0.15) is 11.1 Å². The fourth-order valence-corrected chi connectivity index (χ4v) is 3.10. The van der Waals surface area contributed by atoms with Crippen LogP contribution in [0.3, 0.4) is 0 Å². The maximum Gasteiger partial charge on any atom is 0.142 e. The molecule has 0 fully saturated rings. The van der Waals surface area contributed by atoms with E-state index in [1.165, 1.54) is 21.9 Å². The highest BCUT2D eigenvalue weighted by atomic mass is 35.5. The van der Waals surface area contributed by atoms with Crippen molar-refractivity contribution in [3.63, 3.8) is 0 Å². The number of nitrogens with zero attached hydrogens (tertiary/aromatic N) is 1. The van der Waals surface area contributed by atoms with Gasteiger partial charge in [0.25, 0.3) is 0 Å². The summed E-state index contributed by atoms with van der Waals surface area (Å²) in [7, 11) is 0. The number of halogens is 1. The van der Waals surface area contributed by atoms with Crippen LogP contribution in [-0.2, 0) is 13.1 Å². The van der Waals surface area contributed by atoms with Crippen molar-refractivity contribution in [3.8, 4) is 5.75 Å². The minimum atomic E-state index is 0.615. The van der Waals surface area contributed by atoms with Crippen LogP contribution in [0.4, 0.5) is 0 Å². The van der Waals surface area contributed by atoms with Crippen molar-refractivity contribution >= 4 is 22.4 Å². The van der Waals surface area contributed by atoms with Gasteiger partial charge in [0.05, 0.1) is 0 Å². The summed E-state index contributed by atoms with van der Waals surface area (Å²) < 4.78 is 6.05. The second-order valence-electron chi connectivity index (χ2n) is 5.66. The van der Waals surface area contributed by atoms with E-state index in [0.29, 0.717) is 6.73 Å². The Hall–Kier alpha value is -2.03. The van der Waals surface area contributed by atoms with Gasteiger partial charge < -0.3 is 4.74 Å². The van der Waals surface area contributed by atoms with Gasteiger partial charge in [0.1, 0.15) is 12.5 Å². The monoisotopic (exact) mass is 309 g/mol. The molecule has 0 N–H and O–H groups in total. The van der Waals surface area contributed by atoms with Gasteiger partial charge in [-0.25, -0.2) is 0 Å². The number of hydrogen-bond acceptors (Lipinski definition) is 2. The number of fused-ring (bicyclic) bond motifs is 3. The van der Waals surface area contributed by atoms with Crippen LogP contribution in [0.15, 0.2) is 60.7 Å². The van der Waals surface area contributed by atoms with Crippen molar-refractivity contribution < 1.29 is 4.74 Å². The number of rotatable bonds is 2. The van der Waals surface area contributed by atoms with E-state index < -0.39 is 0 Å². The van der Waals surface area contributed by atoms with Gasteiger partial charge in [0.15, 0.2) is 0 Å². The van der Waals surface area contributed by atoms with Crippen LogP contribution in [0.2, 0.25) is 5.02 Å². The molecule has 1 heterocycles. The Morgan fingerprint density at radius 1 is 0.955 bits per heavy atom. The van der Waals surface area contributed by atoms with E-state index in [2.05, 4.69) is 53.4 Å². The largest absolute Gasteiger partial charge is 0.477 e. The van der Waals surface area contributed by atoms with Crippen LogP contribution < -0.4 is 4.74 Å². The Morgan fingerprint density at radius 3 is 2.64 bits per heavy atom. The van der Waals surface area contributed by atoms with E-state index in [-0.39, 0.29) is 0 Å². The molecular weight excluding hydrogens is 294 g/mol. The molecule has 0 radical (unpaired) electrons. The third kappa shape index (κ3) is 2.56. The first-order valence-electron chi connectivity index (χ1n) is 7.40. The van der Waals surface area contributed by atoms with E-state index >= 15 is 0 Å². The molecule has 3 heteroatoms. The molecule has 0 saturated heterocycles. The van der Waals surface area contributed by atoms with Crippen LogP contribution in [0.5, 0.6) is 5.75 Å². The SMILES string of the molecule is Clc1ccc(CN2COc3c(ccc4ccccc34)C2)cc1. The number of hydrogen-bond donors (Lipinski definition) is 0.